The van der Waals surface area contributed by atoms with Gasteiger partial charge in [0.25, 0.3) is 5.91 Å². The van der Waals surface area contributed by atoms with E-state index in [0.717, 1.165) is 6.20 Å². The lowest BCUT2D eigenvalue weighted by atomic mass is 10.4. The lowest BCUT2D eigenvalue weighted by molar-refractivity contribution is -0.385. The van der Waals surface area contributed by atoms with Gasteiger partial charge in [-0.25, -0.2) is 4.68 Å². The van der Waals surface area contributed by atoms with E-state index in [0.29, 0.717) is 24.8 Å². The molecule has 0 bridgehead atoms. The number of furan rings is 1. The largest absolute Gasteiger partial charge is 0.454 e. The van der Waals surface area contributed by atoms with Crippen molar-refractivity contribution in [2.45, 2.75) is 20.2 Å². The molecule has 11 nitrogen and oxygen atoms in total. The lowest BCUT2D eigenvalue weighted by Gasteiger charge is -2.01. The van der Waals surface area contributed by atoms with Crippen LogP contribution < -0.4 is 5.32 Å². The average molecular weight is 360 g/mol. The van der Waals surface area contributed by atoms with Crippen molar-refractivity contribution in [1.29, 1.82) is 0 Å². The monoisotopic (exact) mass is 360 g/mol. The summed E-state index contributed by atoms with van der Waals surface area (Å²) in [4.78, 5) is 22.3. The SMILES string of the molecule is CCOCn1cc(NC(=O)c2ccc(Cn3cc([N+](=O)[O-])cn3)o2)cn1. The minimum atomic E-state index is -0.532. The molecule has 3 aromatic rings. The van der Waals surface area contributed by atoms with E-state index < -0.39 is 10.8 Å². The first-order valence-electron chi connectivity index (χ1n) is 7.72. The second-order valence-corrected chi connectivity index (χ2v) is 5.26. The minimum absolute atomic E-state index is 0.110. The molecule has 0 aliphatic rings. The topological polar surface area (TPSA) is 130 Å². The molecule has 0 fully saturated rings. The van der Waals surface area contributed by atoms with E-state index in [1.54, 1.807) is 16.9 Å². The van der Waals surface area contributed by atoms with E-state index in [2.05, 4.69) is 15.5 Å². The summed E-state index contributed by atoms with van der Waals surface area (Å²) in [6.07, 6.45) is 5.58. The molecule has 3 aromatic heterocycles. The molecule has 0 radical (unpaired) electrons. The van der Waals surface area contributed by atoms with Crippen LogP contribution in [0.2, 0.25) is 0 Å². The molecule has 3 heterocycles. The third-order valence-corrected chi connectivity index (χ3v) is 3.35. The first-order valence-corrected chi connectivity index (χ1v) is 7.72. The van der Waals surface area contributed by atoms with Crippen molar-refractivity contribution in [3.05, 3.63) is 58.6 Å². The molecule has 0 spiro atoms. The van der Waals surface area contributed by atoms with E-state index in [-0.39, 0.29) is 18.0 Å². The number of hydrogen-bond acceptors (Lipinski definition) is 7. The summed E-state index contributed by atoms with van der Waals surface area (Å²) in [5.41, 5.74) is 0.397. The summed E-state index contributed by atoms with van der Waals surface area (Å²) in [7, 11) is 0. The summed E-state index contributed by atoms with van der Waals surface area (Å²) in [5.74, 6) is 0.123. The Bertz CT molecular complexity index is 911. The highest BCUT2D eigenvalue weighted by atomic mass is 16.6. The van der Waals surface area contributed by atoms with Gasteiger partial charge in [-0.05, 0) is 19.1 Å². The van der Waals surface area contributed by atoms with Crippen LogP contribution in [0.15, 0.2) is 41.3 Å². The molecule has 1 N–H and O–H groups in total. The number of carbonyl (C=O) groups excluding carboxylic acids is 1. The Kier molecular flexibility index (Phi) is 5.08. The maximum absolute atomic E-state index is 12.2. The number of nitrogens with one attached hydrogen (secondary N) is 1. The second kappa shape index (κ2) is 7.61. The fraction of sp³-hybridized carbons (Fsp3) is 0.267. The quantitative estimate of drug-likeness (QED) is 0.479. The Hall–Kier alpha value is -3.47. The summed E-state index contributed by atoms with van der Waals surface area (Å²) < 4.78 is 13.6. The van der Waals surface area contributed by atoms with Crippen LogP contribution in [0.5, 0.6) is 0 Å². The Morgan fingerprint density at radius 1 is 1.31 bits per heavy atom. The smallest absolute Gasteiger partial charge is 0.307 e. The van der Waals surface area contributed by atoms with E-state index >= 15 is 0 Å². The molecule has 1 amide bonds. The Labute approximate surface area is 147 Å². The van der Waals surface area contributed by atoms with E-state index in [1.165, 1.54) is 23.1 Å². The van der Waals surface area contributed by atoms with Crippen molar-refractivity contribution in [2.75, 3.05) is 11.9 Å². The van der Waals surface area contributed by atoms with Gasteiger partial charge in [0.05, 0.1) is 29.5 Å². The lowest BCUT2D eigenvalue weighted by Crippen LogP contribution is -2.10. The van der Waals surface area contributed by atoms with Crippen LogP contribution in [-0.2, 0) is 18.0 Å². The van der Waals surface area contributed by atoms with Crippen molar-refractivity contribution in [2.24, 2.45) is 0 Å². The average Bonchev–Trinajstić information content (AvgIpc) is 3.34. The molecule has 0 aliphatic carbocycles. The van der Waals surface area contributed by atoms with Crippen LogP contribution in [0.4, 0.5) is 11.4 Å². The number of nitro groups is 1. The first-order chi connectivity index (χ1) is 12.5. The highest BCUT2D eigenvalue weighted by Crippen LogP contribution is 2.14. The van der Waals surface area contributed by atoms with Gasteiger partial charge in [-0.3, -0.25) is 19.6 Å². The zero-order valence-corrected chi connectivity index (χ0v) is 13.9. The predicted octanol–water partition coefficient (Wildman–Crippen LogP) is 1.88. The molecule has 3 rings (SSSR count). The Balaban J connectivity index is 1.60. The van der Waals surface area contributed by atoms with Crippen LogP contribution in [0.1, 0.15) is 23.2 Å². The van der Waals surface area contributed by atoms with E-state index in [9.17, 15) is 14.9 Å². The molecular formula is C15H16N6O5. The van der Waals surface area contributed by atoms with Gasteiger partial charge < -0.3 is 14.5 Å². The molecule has 0 aliphatic heterocycles. The van der Waals surface area contributed by atoms with Crippen LogP contribution in [0.25, 0.3) is 0 Å². The van der Waals surface area contributed by atoms with Crippen LogP contribution in [-0.4, -0.2) is 37.0 Å². The summed E-state index contributed by atoms with van der Waals surface area (Å²) in [6, 6.07) is 3.13. The molecule has 26 heavy (non-hydrogen) atoms. The maximum Gasteiger partial charge on any atom is 0.307 e. The molecule has 0 saturated carbocycles. The standard InChI is InChI=1S/C15H16N6O5/c1-2-25-10-20-7-11(5-16-20)18-15(22)14-4-3-13(26-14)9-19-8-12(6-17-19)21(23)24/h3-8H,2,9-10H2,1H3,(H,18,22). The molecule has 0 atom stereocenters. The number of ether oxygens (including phenoxy) is 1. The van der Waals surface area contributed by atoms with Gasteiger partial charge in [0.15, 0.2) is 5.76 Å². The van der Waals surface area contributed by atoms with Crippen molar-refractivity contribution in [3.63, 3.8) is 0 Å². The zero-order chi connectivity index (χ0) is 18.5. The van der Waals surface area contributed by atoms with E-state index in [4.69, 9.17) is 9.15 Å². The fourth-order valence-corrected chi connectivity index (χ4v) is 2.15. The fourth-order valence-electron chi connectivity index (χ4n) is 2.15. The first kappa shape index (κ1) is 17.4. The van der Waals surface area contributed by atoms with Crippen LogP contribution >= 0.6 is 0 Å². The molecule has 0 aromatic carbocycles. The van der Waals surface area contributed by atoms with Gasteiger partial charge >= 0.3 is 5.69 Å². The van der Waals surface area contributed by atoms with Gasteiger partial charge in [0, 0.05) is 6.61 Å². The predicted molar refractivity (Wildman–Crippen MR) is 88.5 cm³/mol. The van der Waals surface area contributed by atoms with Crippen molar-refractivity contribution >= 4 is 17.3 Å². The highest BCUT2D eigenvalue weighted by molar-refractivity contribution is 6.02. The molecule has 11 heteroatoms. The van der Waals surface area contributed by atoms with Crippen molar-refractivity contribution in [1.82, 2.24) is 19.6 Å². The molecular weight excluding hydrogens is 344 g/mol. The number of hydrogen-bond donors (Lipinski definition) is 1. The van der Waals surface area contributed by atoms with Crippen LogP contribution in [0.3, 0.4) is 0 Å². The number of amides is 1. The third kappa shape index (κ3) is 4.13. The number of carbonyl (C=O) groups is 1. The Morgan fingerprint density at radius 3 is 2.85 bits per heavy atom. The number of anilines is 1. The van der Waals surface area contributed by atoms with Gasteiger partial charge in [-0.1, -0.05) is 0 Å². The molecule has 0 saturated heterocycles. The minimum Gasteiger partial charge on any atom is -0.454 e. The normalized spacial score (nSPS) is 10.8. The summed E-state index contributed by atoms with van der Waals surface area (Å²) in [6.45, 7) is 2.92. The van der Waals surface area contributed by atoms with Gasteiger partial charge in [0.1, 0.15) is 24.9 Å². The maximum atomic E-state index is 12.2. The number of aromatic nitrogens is 4. The second-order valence-electron chi connectivity index (χ2n) is 5.26. The zero-order valence-electron chi connectivity index (χ0n) is 13.9. The molecule has 136 valence electrons. The third-order valence-electron chi connectivity index (χ3n) is 3.35. The van der Waals surface area contributed by atoms with Gasteiger partial charge in [-0.15, -0.1) is 0 Å². The number of rotatable bonds is 8. The highest BCUT2D eigenvalue weighted by Gasteiger charge is 2.14. The van der Waals surface area contributed by atoms with E-state index in [1.807, 2.05) is 6.92 Å². The van der Waals surface area contributed by atoms with Gasteiger partial charge in [-0.2, -0.15) is 10.2 Å². The van der Waals surface area contributed by atoms with Crippen molar-refractivity contribution in [3.8, 4) is 0 Å². The summed E-state index contributed by atoms with van der Waals surface area (Å²) in [5, 5.41) is 21.3. The summed E-state index contributed by atoms with van der Waals surface area (Å²) >= 11 is 0. The molecule has 0 unspecified atom stereocenters. The van der Waals surface area contributed by atoms with Crippen molar-refractivity contribution < 1.29 is 18.9 Å². The number of nitrogens with zero attached hydrogens (tertiary/aromatic N) is 5. The van der Waals surface area contributed by atoms with Crippen LogP contribution in [0, 0.1) is 10.1 Å². The Morgan fingerprint density at radius 2 is 2.12 bits per heavy atom. The van der Waals surface area contributed by atoms with Gasteiger partial charge in [0.2, 0.25) is 0 Å².